The summed E-state index contributed by atoms with van der Waals surface area (Å²) in [6.45, 7) is 4.90. The number of benzene rings is 1. The van der Waals surface area contributed by atoms with Gasteiger partial charge in [-0.3, -0.25) is 4.79 Å². The van der Waals surface area contributed by atoms with E-state index < -0.39 is 6.10 Å². The molecule has 0 bridgehead atoms. The fraction of sp³-hybridized carbons (Fsp3) is 0.467. The Balaban J connectivity index is 2.48. The van der Waals surface area contributed by atoms with Crippen LogP contribution < -0.4 is 10.2 Å². The van der Waals surface area contributed by atoms with Gasteiger partial charge in [-0.25, -0.2) is 0 Å². The van der Waals surface area contributed by atoms with Crippen LogP contribution in [0.4, 0.5) is 5.69 Å². The minimum atomic E-state index is -0.639. The van der Waals surface area contributed by atoms with Crippen molar-refractivity contribution in [2.75, 3.05) is 18.0 Å². The summed E-state index contributed by atoms with van der Waals surface area (Å²) in [5.41, 5.74) is 2.06. The summed E-state index contributed by atoms with van der Waals surface area (Å²) >= 11 is 0. The number of hydrogen-bond acceptors (Lipinski definition) is 4. The molecule has 1 aromatic rings. The average Bonchev–Trinajstić information content (AvgIpc) is 2.46. The highest BCUT2D eigenvalue weighted by Gasteiger charge is 2.30. The summed E-state index contributed by atoms with van der Waals surface area (Å²) in [7, 11) is 0. The van der Waals surface area contributed by atoms with Crippen molar-refractivity contribution < 1.29 is 9.90 Å². The number of nitriles is 1. The summed E-state index contributed by atoms with van der Waals surface area (Å²) in [4.78, 5) is 14.0. The van der Waals surface area contributed by atoms with E-state index in [-0.39, 0.29) is 11.9 Å². The number of amides is 1. The molecular weight excluding hydrogens is 254 g/mol. The summed E-state index contributed by atoms with van der Waals surface area (Å²) in [6.07, 6.45) is 0.0437. The van der Waals surface area contributed by atoms with E-state index in [1.54, 1.807) is 25.1 Å². The molecule has 1 fully saturated rings. The van der Waals surface area contributed by atoms with Gasteiger partial charge in [-0.15, -0.1) is 0 Å². The van der Waals surface area contributed by atoms with Gasteiger partial charge >= 0.3 is 0 Å². The van der Waals surface area contributed by atoms with Crippen LogP contribution in [0.5, 0.6) is 0 Å². The number of aliphatic hydroxyl groups is 1. The van der Waals surface area contributed by atoms with E-state index >= 15 is 0 Å². The molecule has 1 aliphatic rings. The molecule has 5 nitrogen and oxygen atoms in total. The quantitative estimate of drug-likeness (QED) is 0.871. The zero-order valence-electron chi connectivity index (χ0n) is 11.8. The number of nitrogens with zero attached hydrogens (tertiary/aromatic N) is 2. The van der Waals surface area contributed by atoms with Gasteiger partial charge in [0.05, 0.1) is 17.7 Å². The van der Waals surface area contributed by atoms with Crippen LogP contribution in [0, 0.1) is 11.3 Å². The Morgan fingerprint density at radius 1 is 1.60 bits per heavy atom. The Morgan fingerprint density at radius 2 is 2.35 bits per heavy atom. The summed E-state index contributed by atoms with van der Waals surface area (Å²) in [5, 5.41) is 21.8. The molecule has 5 heteroatoms. The van der Waals surface area contributed by atoms with E-state index in [0.29, 0.717) is 25.1 Å². The van der Waals surface area contributed by atoms with Crippen LogP contribution in [0.25, 0.3) is 0 Å². The number of nitrogens with one attached hydrogen (secondary N) is 1. The van der Waals surface area contributed by atoms with Crippen LogP contribution in [-0.2, 0) is 4.79 Å². The molecule has 0 aliphatic carbocycles. The molecular formula is C15H19N3O2. The van der Waals surface area contributed by atoms with Crippen LogP contribution in [0.2, 0.25) is 0 Å². The third kappa shape index (κ3) is 2.61. The van der Waals surface area contributed by atoms with Crippen molar-refractivity contribution in [3.8, 4) is 6.07 Å². The maximum absolute atomic E-state index is 12.0. The molecule has 1 unspecified atom stereocenters. The van der Waals surface area contributed by atoms with Gasteiger partial charge in [0.25, 0.3) is 0 Å². The van der Waals surface area contributed by atoms with Gasteiger partial charge in [-0.1, -0.05) is 13.0 Å². The van der Waals surface area contributed by atoms with Crippen LogP contribution in [0.3, 0.4) is 0 Å². The van der Waals surface area contributed by atoms with Crippen molar-refractivity contribution in [1.82, 2.24) is 5.32 Å². The highest BCUT2D eigenvalue weighted by molar-refractivity contribution is 5.87. The zero-order valence-corrected chi connectivity index (χ0v) is 11.8. The molecule has 1 aliphatic heterocycles. The van der Waals surface area contributed by atoms with Crippen molar-refractivity contribution in [3.05, 3.63) is 29.3 Å². The molecule has 1 amide bonds. The van der Waals surface area contributed by atoms with Crippen molar-refractivity contribution in [2.45, 2.75) is 32.4 Å². The van der Waals surface area contributed by atoms with Crippen LogP contribution in [-0.4, -0.2) is 30.1 Å². The first-order valence-electron chi connectivity index (χ1n) is 6.85. The summed E-state index contributed by atoms with van der Waals surface area (Å²) < 4.78 is 0. The average molecular weight is 273 g/mol. The van der Waals surface area contributed by atoms with E-state index in [1.807, 2.05) is 11.8 Å². The Hall–Kier alpha value is -2.06. The van der Waals surface area contributed by atoms with Gasteiger partial charge in [0, 0.05) is 24.3 Å². The van der Waals surface area contributed by atoms with E-state index in [2.05, 4.69) is 11.4 Å². The van der Waals surface area contributed by atoms with Gasteiger partial charge in [0.2, 0.25) is 5.91 Å². The normalized spacial score (nSPS) is 20.2. The molecule has 0 aromatic heterocycles. The second-order valence-electron chi connectivity index (χ2n) is 4.97. The number of piperazine rings is 1. The maximum Gasteiger partial charge on any atom is 0.242 e. The lowest BCUT2D eigenvalue weighted by Crippen LogP contribution is -2.55. The fourth-order valence-electron chi connectivity index (χ4n) is 2.62. The number of carbonyl (C=O) groups is 1. The second-order valence-corrected chi connectivity index (χ2v) is 4.97. The SMILES string of the molecule is CCC1C(=O)NCCN1c1cc(C#N)ccc1[C@H](C)O. The fourth-order valence-corrected chi connectivity index (χ4v) is 2.62. The molecule has 1 aromatic carbocycles. The molecule has 2 atom stereocenters. The smallest absolute Gasteiger partial charge is 0.242 e. The van der Waals surface area contributed by atoms with Gasteiger partial charge in [0.1, 0.15) is 6.04 Å². The number of anilines is 1. The van der Waals surface area contributed by atoms with Gasteiger partial charge < -0.3 is 15.3 Å². The lowest BCUT2D eigenvalue weighted by atomic mass is 10.0. The number of aliphatic hydroxyl groups excluding tert-OH is 1. The predicted octanol–water partition coefficient (Wildman–Crippen LogP) is 1.33. The molecule has 106 valence electrons. The van der Waals surface area contributed by atoms with Crippen molar-refractivity contribution in [1.29, 1.82) is 5.26 Å². The van der Waals surface area contributed by atoms with Crippen molar-refractivity contribution >= 4 is 11.6 Å². The largest absolute Gasteiger partial charge is 0.389 e. The minimum Gasteiger partial charge on any atom is -0.389 e. The van der Waals surface area contributed by atoms with E-state index in [0.717, 1.165) is 11.3 Å². The Morgan fingerprint density at radius 3 is 2.95 bits per heavy atom. The van der Waals surface area contributed by atoms with E-state index in [4.69, 9.17) is 5.26 Å². The monoisotopic (exact) mass is 273 g/mol. The predicted molar refractivity (Wildman–Crippen MR) is 76.2 cm³/mol. The minimum absolute atomic E-state index is 0.00217. The molecule has 0 saturated carbocycles. The molecule has 20 heavy (non-hydrogen) atoms. The first-order valence-corrected chi connectivity index (χ1v) is 6.85. The number of rotatable bonds is 3. The molecule has 2 rings (SSSR count). The first-order chi connectivity index (χ1) is 9.58. The first kappa shape index (κ1) is 14.4. The highest BCUT2D eigenvalue weighted by atomic mass is 16.3. The molecule has 0 radical (unpaired) electrons. The van der Waals surface area contributed by atoms with Crippen LogP contribution in [0.15, 0.2) is 18.2 Å². The van der Waals surface area contributed by atoms with Crippen molar-refractivity contribution in [3.63, 3.8) is 0 Å². The van der Waals surface area contributed by atoms with Crippen molar-refractivity contribution in [2.24, 2.45) is 0 Å². The molecule has 1 saturated heterocycles. The Labute approximate surface area is 118 Å². The molecule has 1 heterocycles. The third-order valence-corrected chi connectivity index (χ3v) is 3.64. The van der Waals surface area contributed by atoms with Crippen LogP contribution in [0.1, 0.15) is 37.5 Å². The standard InChI is InChI=1S/C15H19N3O2/c1-3-13-15(20)17-6-7-18(13)14-8-11(9-16)4-5-12(14)10(2)19/h4-5,8,10,13,19H,3,6-7H2,1-2H3,(H,17,20)/t10-,13?/m0/s1. The zero-order chi connectivity index (χ0) is 14.7. The lowest BCUT2D eigenvalue weighted by molar-refractivity contribution is -0.123. The Kier molecular flexibility index (Phi) is 4.26. The second kappa shape index (κ2) is 5.93. The topological polar surface area (TPSA) is 76.4 Å². The third-order valence-electron chi connectivity index (χ3n) is 3.64. The number of carbonyl (C=O) groups excluding carboxylic acids is 1. The summed E-state index contributed by atoms with van der Waals surface area (Å²) in [6, 6.07) is 7.06. The molecule has 2 N–H and O–H groups in total. The molecule has 0 spiro atoms. The Bertz CT molecular complexity index is 549. The number of hydrogen-bond donors (Lipinski definition) is 2. The van der Waals surface area contributed by atoms with E-state index in [1.165, 1.54) is 0 Å². The van der Waals surface area contributed by atoms with Crippen LogP contribution >= 0.6 is 0 Å². The van der Waals surface area contributed by atoms with Gasteiger partial charge in [0.15, 0.2) is 0 Å². The maximum atomic E-state index is 12.0. The summed E-state index contributed by atoms with van der Waals surface area (Å²) in [5.74, 6) is -0.00217. The lowest BCUT2D eigenvalue weighted by Gasteiger charge is -2.37. The van der Waals surface area contributed by atoms with Gasteiger partial charge in [-0.2, -0.15) is 5.26 Å². The van der Waals surface area contributed by atoms with Gasteiger partial charge in [-0.05, 0) is 25.5 Å². The van der Waals surface area contributed by atoms with E-state index in [9.17, 15) is 9.90 Å². The highest BCUT2D eigenvalue weighted by Crippen LogP contribution is 2.30.